The van der Waals surface area contributed by atoms with Gasteiger partial charge in [0.2, 0.25) is 5.91 Å². The summed E-state index contributed by atoms with van der Waals surface area (Å²) in [5.74, 6) is 0.426. The molecule has 3 heterocycles. The number of nitrogen functional groups attached to an aromatic ring is 1. The smallest absolute Gasteiger partial charge is 0.224 e. The number of morpholine rings is 1. The fraction of sp³-hybridized carbons (Fsp3) is 0.333. The van der Waals surface area contributed by atoms with Crippen LogP contribution < -0.4 is 5.73 Å². The number of rotatable bonds is 4. The van der Waals surface area contributed by atoms with Gasteiger partial charge in [0.1, 0.15) is 17.6 Å². The molecule has 3 aromatic rings. The molecule has 8 nitrogen and oxygen atoms in total. The van der Waals surface area contributed by atoms with Crippen LogP contribution in [-0.4, -0.2) is 50.0 Å². The lowest BCUT2D eigenvalue weighted by Crippen LogP contribution is -2.42. The van der Waals surface area contributed by atoms with Crippen LogP contribution in [0.4, 0.5) is 5.82 Å². The zero-order chi connectivity index (χ0) is 17.9. The third kappa shape index (κ3) is 3.23. The number of benzene rings is 1. The van der Waals surface area contributed by atoms with E-state index in [1.807, 2.05) is 28.8 Å². The van der Waals surface area contributed by atoms with Gasteiger partial charge in [-0.25, -0.2) is 9.97 Å². The van der Waals surface area contributed by atoms with E-state index in [1.165, 1.54) is 0 Å². The molecule has 0 bridgehead atoms. The van der Waals surface area contributed by atoms with Gasteiger partial charge >= 0.3 is 0 Å². The van der Waals surface area contributed by atoms with Gasteiger partial charge in [0, 0.05) is 31.9 Å². The van der Waals surface area contributed by atoms with Crippen molar-refractivity contribution in [3.05, 3.63) is 48.7 Å². The van der Waals surface area contributed by atoms with Crippen molar-refractivity contribution in [3.8, 4) is 0 Å². The third-order valence-electron chi connectivity index (χ3n) is 4.57. The first-order valence-electron chi connectivity index (χ1n) is 8.58. The number of fused-ring (bicyclic) bond motifs is 1. The van der Waals surface area contributed by atoms with Gasteiger partial charge in [-0.3, -0.25) is 9.78 Å². The van der Waals surface area contributed by atoms with E-state index in [0.29, 0.717) is 44.2 Å². The van der Waals surface area contributed by atoms with Crippen LogP contribution in [0.1, 0.15) is 18.2 Å². The van der Waals surface area contributed by atoms with Crippen LogP contribution in [0.2, 0.25) is 0 Å². The average molecular weight is 352 g/mol. The van der Waals surface area contributed by atoms with Crippen LogP contribution in [0.15, 0.2) is 43.0 Å². The molecule has 1 saturated heterocycles. The largest absolute Gasteiger partial charge is 0.382 e. The van der Waals surface area contributed by atoms with Crippen molar-refractivity contribution in [2.75, 3.05) is 25.4 Å². The Morgan fingerprint density at radius 1 is 1.23 bits per heavy atom. The fourth-order valence-electron chi connectivity index (χ4n) is 3.21. The van der Waals surface area contributed by atoms with E-state index in [2.05, 4.69) is 15.0 Å². The number of imidazole rings is 1. The summed E-state index contributed by atoms with van der Waals surface area (Å²) in [4.78, 5) is 27.1. The second-order valence-corrected chi connectivity index (χ2v) is 6.20. The molecule has 2 aromatic heterocycles. The lowest BCUT2D eigenvalue weighted by Gasteiger charge is -2.33. The summed E-state index contributed by atoms with van der Waals surface area (Å²) in [6.07, 6.45) is 4.97. The summed E-state index contributed by atoms with van der Waals surface area (Å²) in [6, 6.07) is 7.90. The summed E-state index contributed by atoms with van der Waals surface area (Å²) < 4.78 is 7.75. The molecular formula is C18H20N6O2. The van der Waals surface area contributed by atoms with Gasteiger partial charge < -0.3 is 19.9 Å². The Labute approximate surface area is 150 Å². The van der Waals surface area contributed by atoms with Crippen LogP contribution >= 0.6 is 0 Å². The highest BCUT2D eigenvalue weighted by atomic mass is 16.5. The highest BCUT2D eigenvalue weighted by molar-refractivity contribution is 5.77. The number of hydrogen-bond donors (Lipinski definition) is 1. The van der Waals surface area contributed by atoms with Gasteiger partial charge in [-0.2, -0.15) is 0 Å². The molecule has 1 aliphatic rings. The second-order valence-electron chi connectivity index (χ2n) is 6.20. The SMILES string of the molecule is Nc1nccnc1[C@@H]1CN(C(=O)CCn2cnc3ccccc32)CCO1. The van der Waals surface area contributed by atoms with Crippen molar-refractivity contribution < 1.29 is 9.53 Å². The minimum atomic E-state index is -0.338. The number of aryl methyl sites for hydroxylation is 1. The molecule has 1 fully saturated rings. The molecular weight excluding hydrogens is 332 g/mol. The van der Waals surface area contributed by atoms with Crippen molar-refractivity contribution >= 4 is 22.8 Å². The number of anilines is 1. The van der Waals surface area contributed by atoms with Gasteiger partial charge in [0.15, 0.2) is 0 Å². The highest BCUT2D eigenvalue weighted by Gasteiger charge is 2.27. The number of para-hydroxylation sites is 2. The molecule has 134 valence electrons. The van der Waals surface area contributed by atoms with Gasteiger partial charge in [-0.05, 0) is 12.1 Å². The van der Waals surface area contributed by atoms with E-state index in [0.717, 1.165) is 11.0 Å². The number of carbonyl (C=O) groups excluding carboxylic acids is 1. The van der Waals surface area contributed by atoms with E-state index in [9.17, 15) is 4.79 Å². The molecule has 1 aliphatic heterocycles. The number of nitrogens with two attached hydrogens (primary N) is 1. The second kappa shape index (κ2) is 7.09. The standard InChI is InChI=1S/C18H20N6O2/c19-18-17(20-6-7-21-18)15-11-23(9-10-26-15)16(25)5-8-24-12-22-13-3-1-2-4-14(13)24/h1-4,6-7,12,15H,5,8-11H2,(H2,19,21)/t15-/m0/s1. The van der Waals surface area contributed by atoms with Crippen LogP contribution in [-0.2, 0) is 16.1 Å². The van der Waals surface area contributed by atoms with E-state index in [4.69, 9.17) is 10.5 Å². The van der Waals surface area contributed by atoms with Crippen molar-refractivity contribution in [2.45, 2.75) is 19.1 Å². The molecule has 2 N–H and O–H groups in total. The maximum absolute atomic E-state index is 12.7. The van der Waals surface area contributed by atoms with Crippen molar-refractivity contribution in [2.24, 2.45) is 0 Å². The monoisotopic (exact) mass is 352 g/mol. The normalized spacial score (nSPS) is 17.5. The summed E-state index contributed by atoms with van der Waals surface area (Å²) in [5.41, 5.74) is 8.44. The minimum Gasteiger partial charge on any atom is -0.382 e. The summed E-state index contributed by atoms with van der Waals surface area (Å²) in [6.45, 7) is 2.06. The van der Waals surface area contributed by atoms with Gasteiger partial charge in [-0.15, -0.1) is 0 Å². The molecule has 8 heteroatoms. The van der Waals surface area contributed by atoms with Gasteiger partial charge in [0.05, 0.1) is 30.5 Å². The van der Waals surface area contributed by atoms with Gasteiger partial charge in [0.25, 0.3) is 0 Å². The quantitative estimate of drug-likeness (QED) is 0.762. The van der Waals surface area contributed by atoms with E-state index >= 15 is 0 Å². The average Bonchev–Trinajstić information content (AvgIpc) is 3.10. The molecule has 0 aliphatic carbocycles. The molecule has 26 heavy (non-hydrogen) atoms. The Hall–Kier alpha value is -3.00. The number of ether oxygens (including phenoxy) is 1. The van der Waals surface area contributed by atoms with E-state index in [-0.39, 0.29) is 12.0 Å². The number of aromatic nitrogens is 4. The molecule has 1 aromatic carbocycles. The molecule has 0 unspecified atom stereocenters. The Morgan fingerprint density at radius 3 is 2.96 bits per heavy atom. The predicted molar refractivity (Wildman–Crippen MR) is 96.1 cm³/mol. The lowest BCUT2D eigenvalue weighted by atomic mass is 10.2. The molecule has 1 atom stereocenters. The number of nitrogens with zero attached hydrogens (tertiary/aromatic N) is 5. The minimum absolute atomic E-state index is 0.0820. The molecule has 1 amide bonds. The maximum Gasteiger partial charge on any atom is 0.224 e. The Kier molecular flexibility index (Phi) is 4.49. The molecule has 0 radical (unpaired) electrons. The van der Waals surface area contributed by atoms with Crippen molar-refractivity contribution in [3.63, 3.8) is 0 Å². The number of amides is 1. The topological polar surface area (TPSA) is 99.2 Å². The highest BCUT2D eigenvalue weighted by Crippen LogP contribution is 2.24. The first-order chi connectivity index (χ1) is 12.7. The zero-order valence-electron chi connectivity index (χ0n) is 14.3. The number of carbonyl (C=O) groups is 1. The first-order valence-corrected chi connectivity index (χ1v) is 8.58. The molecule has 4 rings (SSSR count). The van der Waals surface area contributed by atoms with Gasteiger partial charge in [-0.1, -0.05) is 12.1 Å². The summed E-state index contributed by atoms with van der Waals surface area (Å²) in [7, 11) is 0. The summed E-state index contributed by atoms with van der Waals surface area (Å²) >= 11 is 0. The predicted octanol–water partition coefficient (Wildman–Crippen LogP) is 1.40. The third-order valence-corrected chi connectivity index (χ3v) is 4.57. The maximum atomic E-state index is 12.7. The van der Waals surface area contributed by atoms with Crippen molar-refractivity contribution in [1.29, 1.82) is 0 Å². The Bertz CT molecular complexity index is 925. The van der Waals surface area contributed by atoms with E-state index < -0.39 is 0 Å². The Morgan fingerprint density at radius 2 is 2.08 bits per heavy atom. The van der Waals surface area contributed by atoms with Crippen LogP contribution in [0.3, 0.4) is 0 Å². The fourth-order valence-corrected chi connectivity index (χ4v) is 3.21. The lowest BCUT2D eigenvalue weighted by molar-refractivity contribution is -0.139. The number of hydrogen-bond acceptors (Lipinski definition) is 6. The first kappa shape index (κ1) is 16.5. The zero-order valence-corrected chi connectivity index (χ0v) is 14.3. The summed E-state index contributed by atoms with van der Waals surface area (Å²) in [5, 5.41) is 0. The van der Waals surface area contributed by atoms with Crippen molar-refractivity contribution in [1.82, 2.24) is 24.4 Å². The van der Waals surface area contributed by atoms with E-state index in [1.54, 1.807) is 23.6 Å². The Balaban J connectivity index is 1.41. The van der Waals surface area contributed by atoms with Crippen LogP contribution in [0.5, 0.6) is 0 Å². The molecule has 0 saturated carbocycles. The molecule has 0 spiro atoms. The van der Waals surface area contributed by atoms with Crippen LogP contribution in [0, 0.1) is 0 Å². The van der Waals surface area contributed by atoms with Crippen LogP contribution in [0.25, 0.3) is 11.0 Å².